The molecule has 29 heavy (non-hydrogen) atoms. The summed E-state index contributed by atoms with van der Waals surface area (Å²) in [5, 5.41) is 2.12. The first-order valence-corrected chi connectivity index (χ1v) is 9.48. The Morgan fingerprint density at radius 2 is 1.38 bits per heavy atom. The molecule has 0 unspecified atom stereocenters. The largest absolute Gasteiger partial charge is 0.426 e. The molecule has 0 amide bonds. The van der Waals surface area contributed by atoms with E-state index in [2.05, 4.69) is 0 Å². The summed E-state index contributed by atoms with van der Waals surface area (Å²) in [5.41, 5.74) is 3.24. The van der Waals surface area contributed by atoms with Gasteiger partial charge in [-0.1, -0.05) is 66.2 Å². The molecule has 0 saturated heterocycles. The summed E-state index contributed by atoms with van der Waals surface area (Å²) in [5.74, 6) is 0.0351. The molecule has 4 rings (SSSR count). The highest BCUT2D eigenvalue weighted by Gasteiger charge is 2.11. The maximum Gasteiger partial charge on any atom is 0.315 e. The van der Waals surface area contributed by atoms with Crippen molar-refractivity contribution in [2.45, 2.75) is 13.3 Å². The highest BCUT2D eigenvalue weighted by molar-refractivity contribution is 6.10. The second-order valence-electron chi connectivity index (χ2n) is 7.05. The molecule has 4 aromatic carbocycles. The molecule has 0 atom stereocenters. The summed E-state index contributed by atoms with van der Waals surface area (Å²) in [6.07, 6.45) is 0.206. The molecule has 0 aliphatic heterocycles. The van der Waals surface area contributed by atoms with Gasteiger partial charge in [-0.3, -0.25) is 9.59 Å². The topological polar surface area (TPSA) is 43.4 Å². The fourth-order valence-electron chi connectivity index (χ4n) is 3.21. The number of hydrogen-bond donors (Lipinski definition) is 0. The molecule has 4 aromatic rings. The van der Waals surface area contributed by atoms with Crippen LogP contribution in [0.5, 0.6) is 5.75 Å². The Balaban J connectivity index is 1.44. The summed E-state index contributed by atoms with van der Waals surface area (Å²) in [6, 6.07) is 28.1. The van der Waals surface area contributed by atoms with E-state index in [1.165, 1.54) is 0 Å². The van der Waals surface area contributed by atoms with Crippen molar-refractivity contribution in [3.8, 4) is 5.75 Å². The van der Waals surface area contributed by atoms with Crippen LogP contribution in [0.1, 0.15) is 27.0 Å². The zero-order valence-corrected chi connectivity index (χ0v) is 16.1. The van der Waals surface area contributed by atoms with Gasteiger partial charge in [0.1, 0.15) is 5.75 Å². The fourth-order valence-corrected chi connectivity index (χ4v) is 3.21. The van der Waals surface area contributed by atoms with E-state index in [9.17, 15) is 9.59 Å². The molecule has 0 heterocycles. The van der Waals surface area contributed by atoms with Gasteiger partial charge in [0.25, 0.3) is 0 Å². The van der Waals surface area contributed by atoms with Crippen molar-refractivity contribution in [2.24, 2.45) is 0 Å². The van der Waals surface area contributed by atoms with Crippen molar-refractivity contribution in [3.05, 3.63) is 113 Å². The maximum atomic E-state index is 12.8. The average molecular weight is 380 g/mol. The van der Waals surface area contributed by atoms with Gasteiger partial charge in [-0.2, -0.15) is 0 Å². The molecule has 0 aliphatic rings. The molecule has 0 bridgehead atoms. The van der Waals surface area contributed by atoms with Crippen LogP contribution in [0.3, 0.4) is 0 Å². The Kier molecular flexibility index (Phi) is 5.21. The normalized spacial score (nSPS) is 10.7. The van der Waals surface area contributed by atoms with Crippen LogP contribution in [0.2, 0.25) is 0 Å². The molecule has 3 nitrogen and oxygen atoms in total. The number of esters is 1. The lowest BCUT2D eigenvalue weighted by Gasteiger charge is -2.07. The minimum absolute atomic E-state index is 0.0618. The van der Waals surface area contributed by atoms with E-state index in [-0.39, 0.29) is 18.2 Å². The lowest BCUT2D eigenvalue weighted by Crippen LogP contribution is -2.11. The van der Waals surface area contributed by atoms with Crippen molar-refractivity contribution >= 4 is 22.5 Å². The number of ether oxygens (including phenoxy) is 1. The molecule has 3 heteroatoms. The summed E-state index contributed by atoms with van der Waals surface area (Å²) in [6.45, 7) is 2.00. The smallest absolute Gasteiger partial charge is 0.315 e. The summed E-state index contributed by atoms with van der Waals surface area (Å²) in [4.78, 5) is 24.9. The number of hydrogen-bond acceptors (Lipinski definition) is 3. The SMILES string of the molecule is Cc1ccc(CC(=O)Oc2ccc(C(=O)c3ccc4ccccc4c3)cc2)cc1. The number of carbonyl (C=O) groups is 2. The lowest BCUT2D eigenvalue weighted by atomic mass is 10.00. The zero-order chi connectivity index (χ0) is 20.2. The fraction of sp³-hybridized carbons (Fsp3) is 0.0769. The molecule has 0 aromatic heterocycles. The Bertz CT molecular complexity index is 1170. The van der Waals surface area contributed by atoms with Crippen LogP contribution in [0.15, 0.2) is 91.0 Å². The molecule has 0 saturated carbocycles. The zero-order valence-electron chi connectivity index (χ0n) is 16.1. The molecule has 0 spiro atoms. The Labute approximate surface area is 169 Å². The third-order valence-corrected chi connectivity index (χ3v) is 4.83. The number of aryl methyl sites for hydroxylation is 1. The minimum atomic E-state index is -0.331. The second kappa shape index (κ2) is 8.11. The van der Waals surface area contributed by atoms with Gasteiger partial charge < -0.3 is 4.74 Å². The summed E-state index contributed by atoms with van der Waals surface area (Å²) < 4.78 is 5.40. The molecule has 142 valence electrons. The number of rotatable bonds is 5. The molecular formula is C26H20O3. The first kappa shape index (κ1) is 18.6. The van der Waals surface area contributed by atoms with E-state index in [0.717, 1.165) is 21.9 Å². The lowest BCUT2D eigenvalue weighted by molar-refractivity contribution is -0.133. The van der Waals surface area contributed by atoms with Crippen molar-refractivity contribution in [1.29, 1.82) is 0 Å². The summed E-state index contributed by atoms with van der Waals surface area (Å²) in [7, 11) is 0. The molecule has 0 fully saturated rings. The van der Waals surface area contributed by atoms with Gasteiger partial charge in [-0.05, 0) is 53.6 Å². The molecular weight excluding hydrogens is 360 g/mol. The van der Waals surface area contributed by atoms with Crippen molar-refractivity contribution in [3.63, 3.8) is 0 Å². The molecule has 0 radical (unpaired) electrons. The number of ketones is 1. The van der Waals surface area contributed by atoms with Crippen molar-refractivity contribution in [1.82, 2.24) is 0 Å². The van der Waals surface area contributed by atoms with Gasteiger partial charge in [-0.25, -0.2) is 0 Å². The quantitative estimate of drug-likeness (QED) is 0.260. The van der Waals surface area contributed by atoms with Gasteiger partial charge in [0.05, 0.1) is 6.42 Å². The Morgan fingerprint density at radius 3 is 2.10 bits per heavy atom. The van der Waals surface area contributed by atoms with E-state index in [0.29, 0.717) is 16.9 Å². The number of benzene rings is 4. The Hall–Kier alpha value is -3.72. The van der Waals surface area contributed by atoms with E-state index in [1.54, 1.807) is 24.3 Å². The minimum Gasteiger partial charge on any atom is -0.426 e. The first-order valence-electron chi connectivity index (χ1n) is 9.48. The average Bonchev–Trinajstić information content (AvgIpc) is 2.75. The van der Waals surface area contributed by atoms with Crippen LogP contribution < -0.4 is 4.74 Å². The third-order valence-electron chi connectivity index (χ3n) is 4.83. The predicted octanol–water partition coefficient (Wildman–Crippen LogP) is 5.53. The van der Waals surface area contributed by atoms with Crippen LogP contribution >= 0.6 is 0 Å². The van der Waals surface area contributed by atoms with Crippen LogP contribution in [-0.4, -0.2) is 11.8 Å². The van der Waals surface area contributed by atoms with Crippen LogP contribution in [0, 0.1) is 6.92 Å². The highest BCUT2D eigenvalue weighted by Crippen LogP contribution is 2.20. The monoisotopic (exact) mass is 380 g/mol. The molecule has 0 aliphatic carbocycles. The highest BCUT2D eigenvalue weighted by atomic mass is 16.5. The maximum absolute atomic E-state index is 12.8. The van der Waals surface area contributed by atoms with Gasteiger partial charge in [0, 0.05) is 11.1 Å². The second-order valence-corrected chi connectivity index (χ2v) is 7.05. The molecule has 0 N–H and O–H groups in total. The summed E-state index contributed by atoms with van der Waals surface area (Å²) >= 11 is 0. The first-order chi connectivity index (χ1) is 14.1. The van der Waals surface area contributed by atoms with E-state index >= 15 is 0 Å². The van der Waals surface area contributed by atoms with Gasteiger partial charge in [0.2, 0.25) is 0 Å². The van der Waals surface area contributed by atoms with Gasteiger partial charge in [-0.15, -0.1) is 0 Å². The predicted molar refractivity (Wildman–Crippen MR) is 114 cm³/mol. The Morgan fingerprint density at radius 1 is 0.724 bits per heavy atom. The van der Waals surface area contributed by atoms with E-state index in [1.807, 2.05) is 73.7 Å². The van der Waals surface area contributed by atoms with Crippen molar-refractivity contribution in [2.75, 3.05) is 0 Å². The van der Waals surface area contributed by atoms with Crippen LogP contribution in [0.4, 0.5) is 0 Å². The van der Waals surface area contributed by atoms with E-state index < -0.39 is 0 Å². The third kappa shape index (κ3) is 4.41. The van der Waals surface area contributed by atoms with Gasteiger partial charge >= 0.3 is 5.97 Å². The standard InChI is InChI=1S/C26H20O3/c1-18-6-8-19(9-7-18)16-25(27)29-24-14-12-21(13-15-24)26(28)23-11-10-20-4-2-3-5-22(20)17-23/h2-15,17H,16H2,1H3. The van der Waals surface area contributed by atoms with Crippen LogP contribution in [-0.2, 0) is 11.2 Å². The van der Waals surface area contributed by atoms with Crippen molar-refractivity contribution < 1.29 is 14.3 Å². The number of fused-ring (bicyclic) bond motifs is 1. The van der Waals surface area contributed by atoms with Crippen LogP contribution in [0.25, 0.3) is 10.8 Å². The van der Waals surface area contributed by atoms with E-state index in [4.69, 9.17) is 4.74 Å². The van der Waals surface area contributed by atoms with Gasteiger partial charge in [0.15, 0.2) is 5.78 Å². The number of carbonyl (C=O) groups excluding carboxylic acids is 2.